The van der Waals surface area contributed by atoms with Crippen molar-refractivity contribution in [3.63, 3.8) is 0 Å². The van der Waals surface area contributed by atoms with Crippen molar-refractivity contribution in [3.05, 3.63) is 71.8 Å². The summed E-state index contributed by atoms with van der Waals surface area (Å²) >= 11 is 0. The Morgan fingerprint density at radius 3 is 2.24 bits per heavy atom. The number of aliphatic hydroxyl groups is 1. The van der Waals surface area contributed by atoms with Gasteiger partial charge in [-0.05, 0) is 36.3 Å². The second-order valence-electron chi connectivity index (χ2n) is 6.72. The van der Waals surface area contributed by atoms with Gasteiger partial charge in [0.15, 0.2) is 0 Å². The molecular weight excluding hydrogens is 312 g/mol. The fraction of sp³-hybridized carbons (Fsp3) is 0.381. The second kappa shape index (κ2) is 8.67. The predicted molar refractivity (Wildman–Crippen MR) is 99.2 cm³/mol. The van der Waals surface area contributed by atoms with E-state index in [0.29, 0.717) is 19.0 Å². The fourth-order valence-electron chi connectivity index (χ4n) is 3.35. The van der Waals surface area contributed by atoms with E-state index in [9.17, 15) is 9.90 Å². The third kappa shape index (κ3) is 4.83. The lowest BCUT2D eigenvalue weighted by molar-refractivity contribution is 0.135. The van der Waals surface area contributed by atoms with Crippen LogP contribution < -0.4 is 5.32 Å². The molecule has 2 amide bonds. The van der Waals surface area contributed by atoms with E-state index in [1.54, 1.807) is 0 Å². The van der Waals surface area contributed by atoms with E-state index in [1.165, 1.54) is 5.56 Å². The fourth-order valence-corrected chi connectivity index (χ4v) is 3.35. The number of nitrogens with zero attached hydrogens (tertiary/aromatic N) is 1. The molecule has 1 saturated heterocycles. The molecule has 132 valence electrons. The number of benzene rings is 2. The number of urea groups is 1. The van der Waals surface area contributed by atoms with Crippen LogP contribution in [-0.4, -0.2) is 35.7 Å². The normalized spacial score (nSPS) is 16.4. The van der Waals surface area contributed by atoms with Gasteiger partial charge >= 0.3 is 6.03 Å². The Balaban J connectivity index is 1.68. The predicted octanol–water partition coefficient (Wildman–Crippen LogP) is 3.38. The van der Waals surface area contributed by atoms with Crippen LogP contribution in [0.5, 0.6) is 0 Å². The molecular formula is C21H26N2O2. The SMILES string of the molecule is O=C(NC(Cc1ccccc1)c1ccccc1)N1CCC(CO)CC1. The molecule has 0 saturated carbocycles. The zero-order valence-electron chi connectivity index (χ0n) is 14.5. The van der Waals surface area contributed by atoms with E-state index < -0.39 is 0 Å². The molecule has 25 heavy (non-hydrogen) atoms. The van der Waals surface area contributed by atoms with Crippen molar-refractivity contribution in [1.29, 1.82) is 0 Å². The molecule has 0 spiro atoms. The Labute approximate surface area is 149 Å². The van der Waals surface area contributed by atoms with Gasteiger partial charge < -0.3 is 15.3 Å². The third-order valence-corrected chi connectivity index (χ3v) is 4.94. The van der Waals surface area contributed by atoms with Crippen LogP contribution in [0.3, 0.4) is 0 Å². The standard InChI is InChI=1S/C21H26N2O2/c24-16-18-11-13-23(14-12-18)21(25)22-20(19-9-5-2-6-10-19)15-17-7-3-1-4-8-17/h1-10,18,20,24H,11-16H2,(H,22,25). The van der Waals surface area contributed by atoms with Crippen molar-refractivity contribution in [2.24, 2.45) is 5.92 Å². The first-order valence-electron chi connectivity index (χ1n) is 9.01. The number of hydrogen-bond acceptors (Lipinski definition) is 2. The molecule has 1 aliphatic heterocycles. The molecule has 1 heterocycles. The number of nitrogens with one attached hydrogen (secondary N) is 1. The Kier molecular flexibility index (Phi) is 6.07. The van der Waals surface area contributed by atoms with Crippen molar-refractivity contribution in [2.75, 3.05) is 19.7 Å². The lowest BCUT2D eigenvalue weighted by atomic mass is 9.97. The zero-order chi connectivity index (χ0) is 17.5. The quantitative estimate of drug-likeness (QED) is 0.878. The van der Waals surface area contributed by atoms with Gasteiger partial charge in [0, 0.05) is 19.7 Å². The van der Waals surface area contributed by atoms with Crippen LogP contribution in [0.1, 0.15) is 30.0 Å². The first-order chi connectivity index (χ1) is 12.3. The van der Waals surface area contributed by atoms with Crippen molar-refractivity contribution < 1.29 is 9.90 Å². The van der Waals surface area contributed by atoms with Crippen LogP contribution in [0, 0.1) is 5.92 Å². The Morgan fingerprint density at radius 2 is 1.64 bits per heavy atom. The highest BCUT2D eigenvalue weighted by molar-refractivity contribution is 5.75. The van der Waals surface area contributed by atoms with Gasteiger partial charge in [-0.2, -0.15) is 0 Å². The highest BCUT2D eigenvalue weighted by Gasteiger charge is 2.24. The number of piperidine rings is 1. The third-order valence-electron chi connectivity index (χ3n) is 4.94. The lowest BCUT2D eigenvalue weighted by Gasteiger charge is -2.32. The van der Waals surface area contributed by atoms with Crippen molar-refractivity contribution in [3.8, 4) is 0 Å². The number of aliphatic hydroxyl groups excluding tert-OH is 1. The highest BCUT2D eigenvalue weighted by Crippen LogP contribution is 2.21. The maximum Gasteiger partial charge on any atom is 0.317 e. The number of likely N-dealkylation sites (tertiary alicyclic amines) is 1. The first-order valence-corrected chi connectivity index (χ1v) is 9.01. The first kappa shape index (κ1) is 17.5. The summed E-state index contributed by atoms with van der Waals surface area (Å²) in [5, 5.41) is 12.5. The molecule has 1 unspecified atom stereocenters. The van der Waals surface area contributed by atoms with Gasteiger partial charge in [0.05, 0.1) is 6.04 Å². The largest absolute Gasteiger partial charge is 0.396 e. The minimum Gasteiger partial charge on any atom is -0.396 e. The minimum atomic E-state index is -0.0494. The van der Waals surface area contributed by atoms with Crippen LogP contribution in [-0.2, 0) is 6.42 Å². The number of carbonyl (C=O) groups is 1. The average molecular weight is 338 g/mol. The smallest absolute Gasteiger partial charge is 0.317 e. The van der Waals surface area contributed by atoms with Gasteiger partial charge in [0.2, 0.25) is 0 Å². The Morgan fingerprint density at radius 1 is 1.04 bits per heavy atom. The van der Waals surface area contributed by atoms with Crippen LogP contribution in [0.15, 0.2) is 60.7 Å². The summed E-state index contributed by atoms with van der Waals surface area (Å²) < 4.78 is 0. The van der Waals surface area contributed by atoms with Gasteiger partial charge in [-0.25, -0.2) is 4.79 Å². The second-order valence-corrected chi connectivity index (χ2v) is 6.72. The zero-order valence-corrected chi connectivity index (χ0v) is 14.5. The molecule has 1 aliphatic rings. The lowest BCUT2D eigenvalue weighted by Crippen LogP contribution is -2.46. The van der Waals surface area contributed by atoms with E-state index in [2.05, 4.69) is 29.6 Å². The summed E-state index contributed by atoms with van der Waals surface area (Å²) in [6.45, 7) is 1.64. The van der Waals surface area contributed by atoms with E-state index in [4.69, 9.17) is 0 Å². The average Bonchev–Trinajstić information content (AvgIpc) is 2.69. The van der Waals surface area contributed by atoms with Crippen molar-refractivity contribution >= 4 is 6.03 Å². The maximum absolute atomic E-state index is 12.7. The number of carbonyl (C=O) groups excluding carboxylic acids is 1. The van der Waals surface area contributed by atoms with Crippen LogP contribution in [0.2, 0.25) is 0 Å². The number of amides is 2. The molecule has 2 aromatic carbocycles. The summed E-state index contributed by atoms with van der Waals surface area (Å²) in [6.07, 6.45) is 2.51. The molecule has 0 aromatic heterocycles. The summed E-state index contributed by atoms with van der Waals surface area (Å²) in [5.74, 6) is 0.332. The van der Waals surface area contributed by atoms with Crippen molar-refractivity contribution in [1.82, 2.24) is 10.2 Å². The monoisotopic (exact) mass is 338 g/mol. The molecule has 0 bridgehead atoms. The van der Waals surface area contributed by atoms with Gasteiger partial charge in [-0.15, -0.1) is 0 Å². The van der Waals surface area contributed by atoms with E-state index in [0.717, 1.165) is 24.8 Å². The summed E-state index contributed by atoms with van der Waals surface area (Å²) in [4.78, 5) is 14.6. The number of rotatable bonds is 5. The molecule has 1 atom stereocenters. The molecule has 4 nitrogen and oxygen atoms in total. The minimum absolute atomic E-state index is 0.0128. The van der Waals surface area contributed by atoms with Gasteiger partial charge in [-0.1, -0.05) is 60.7 Å². The van der Waals surface area contributed by atoms with Crippen molar-refractivity contribution in [2.45, 2.75) is 25.3 Å². The summed E-state index contributed by atoms with van der Waals surface area (Å²) in [6, 6.07) is 20.3. The molecule has 0 aliphatic carbocycles. The Hall–Kier alpha value is -2.33. The highest BCUT2D eigenvalue weighted by atomic mass is 16.3. The topological polar surface area (TPSA) is 52.6 Å². The maximum atomic E-state index is 12.7. The van der Waals surface area contributed by atoms with Crippen LogP contribution >= 0.6 is 0 Å². The molecule has 3 rings (SSSR count). The molecule has 1 fully saturated rings. The molecule has 4 heteroatoms. The molecule has 2 N–H and O–H groups in total. The molecule has 2 aromatic rings. The van der Waals surface area contributed by atoms with Gasteiger partial charge in [0.25, 0.3) is 0 Å². The van der Waals surface area contributed by atoms with E-state index in [1.807, 2.05) is 41.3 Å². The van der Waals surface area contributed by atoms with Crippen LogP contribution in [0.25, 0.3) is 0 Å². The van der Waals surface area contributed by atoms with Gasteiger partial charge in [-0.3, -0.25) is 0 Å². The number of hydrogen-bond donors (Lipinski definition) is 2. The summed E-state index contributed by atoms with van der Waals surface area (Å²) in [7, 11) is 0. The van der Waals surface area contributed by atoms with E-state index in [-0.39, 0.29) is 18.7 Å². The van der Waals surface area contributed by atoms with E-state index >= 15 is 0 Å². The molecule has 0 radical (unpaired) electrons. The summed E-state index contributed by atoms with van der Waals surface area (Å²) in [5.41, 5.74) is 2.32. The Bertz CT molecular complexity index is 652. The van der Waals surface area contributed by atoms with Gasteiger partial charge in [0.1, 0.15) is 0 Å². The van der Waals surface area contributed by atoms with Crippen LogP contribution in [0.4, 0.5) is 4.79 Å².